The van der Waals surface area contributed by atoms with E-state index in [1.165, 1.54) is 19.0 Å². The number of halogens is 13. The van der Waals surface area contributed by atoms with Gasteiger partial charge in [-0.15, -0.1) is 0 Å². The van der Waals surface area contributed by atoms with Crippen molar-refractivity contribution in [3.05, 3.63) is 0 Å². The minimum Gasteiger partial charge on any atom is -0.309 e. The smallest absolute Gasteiger partial charge is 0.309 e. The summed E-state index contributed by atoms with van der Waals surface area (Å²) in [5, 5.41) is 0.474. The molecular weight excluding hydrogens is 407 g/mol. The van der Waals surface area contributed by atoms with E-state index < -0.39 is 42.5 Å². The van der Waals surface area contributed by atoms with Crippen LogP contribution in [0.1, 0.15) is 6.42 Å². The summed E-state index contributed by atoms with van der Waals surface area (Å²) in [5.41, 5.74) is 0. The van der Waals surface area contributed by atoms with Gasteiger partial charge in [-0.2, -0.15) is 57.1 Å². The zero-order chi connectivity index (χ0) is 21.4. The van der Waals surface area contributed by atoms with Crippen molar-refractivity contribution in [3.8, 4) is 0 Å². The van der Waals surface area contributed by atoms with Crippen molar-refractivity contribution in [1.82, 2.24) is 10.2 Å². The van der Waals surface area contributed by atoms with E-state index in [2.05, 4.69) is 0 Å². The summed E-state index contributed by atoms with van der Waals surface area (Å²) in [4.78, 5) is 1.34. The fourth-order valence-corrected chi connectivity index (χ4v) is 1.52. The van der Waals surface area contributed by atoms with E-state index in [-0.39, 0.29) is 13.0 Å². The molecule has 0 heterocycles. The molecule has 0 aromatic carbocycles. The molecule has 0 aliphatic carbocycles. The quantitative estimate of drug-likeness (QED) is 0.342. The molecule has 1 N–H and O–H groups in total. The summed E-state index contributed by atoms with van der Waals surface area (Å²) in [6.07, 6.45) is -7.79. The molecule has 2 nitrogen and oxygen atoms in total. The number of nitrogens with one attached hydrogen (secondary N) is 1. The van der Waals surface area contributed by atoms with Crippen molar-refractivity contribution in [2.45, 2.75) is 42.3 Å². The Balaban J connectivity index is 5.71. The van der Waals surface area contributed by atoms with Crippen molar-refractivity contribution >= 4 is 0 Å². The predicted octanol–water partition coefficient (Wildman–Crippen LogP) is 4.22. The summed E-state index contributed by atoms with van der Waals surface area (Å²) < 4.78 is 166. The van der Waals surface area contributed by atoms with Crippen LogP contribution in [-0.4, -0.2) is 68.0 Å². The van der Waals surface area contributed by atoms with E-state index >= 15 is 0 Å². The van der Waals surface area contributed by atoms with E-state index in [9.17, 15) is 57.1 Å². The second-order valence-corrected chi connectivity index (χ2v) is 5.45. The predicted molar refractivity (Wildman–Crippen MR) is 62.0 cm³/mol. The van der Waals surface area contributed by atoms with Gasteiger partial charge in [-0.25, -0.2) is 0 Å². The largest absolute Gasteiger partial charge is 0.460 e. The Hall–Kier alpha value is -0.990. The number of rotatable bonds is 9. The summed E-state index contributed by atoms with van der Waals surface area (Å²) in [6, 6.07) is -6.21. The molecule has 0 rings (SSSR count). The molecule has 15 heteroatoms. The first-order valence-corrected chi connectivity index (χ1v) is 6.52. The summed E-state index contributed by atoms with van der Waals surface area (Å²) in [5.74, 6) is -30.6. The number of hydrogen-bond donors (Lipinski definition) is 1. The van der Waals surface area contributed by atoms with Gasteiger partial charge in [0.25, 0.3) is 0 Å². The lowest BCUT2D eigenvalue weighted by molar-refractivity contribution is -0.442. The summed E-state index contributed by atoms with van der Waals surface area (Å²) in [6.45, 7) is -1.20. The maximum absolute atomic E-state index is 13.2. The van der Waals surface area contributed by atoms with Gasteiger partial charge in [0.05, 0.1) is 0 Å². The van der Waals surface area contributed by atoms with Gasteiger partial charge < -0.3 is 4.90 Å². The number of alkyl halides is 13. The van der Waals surface area contributed by atoms with Crippen molar-refractivity contribution in [2.75, 3.05) is 27.2 Å². The molecule has 0 aromatic rings. The van der Waals surface area contributed by atoms with E-state index in [0.29, 0.717) is 5.32 Å². The Morgan fingerprint density at radius 1 is 0.615 bits per heavy atom. The lowest BCUT2D eigenvalue weighted by Crippen LogP contribution is -2.72. The van der Waals surface area contributed by atoms with Crippen LogP contribution in [0, 0.1) is 0 Å². The van der Waals surface area contributed by atoms with Crippen LogP contribution in [0.5, 0.6) is 0 Å². The van der Waals surface area contributed by atoms with E-state index in [1.54, 1.807) is 0 Å². The zero-order valence-electron chi connectivity index (χ0n) is 13.0. The third-order valence-corrected chi connectivity index (χ3v) is 3.06. The second-order valence-electron chi connectivity index (χ2n) is 5.45. The van der Waals surface area contributed by atoms with E-state index in [0.717, 1.165) is 0 Å². The van der Waals surface area contributed by atoms with Gasteiger partial charge in [-0.3, -0.25) is 5.32 Å². The molecular formula is C11H13F13N2. The van der Waals surface area contributed by atoms with Crippen LogP contribution in [-0.2, 0) is 0 Å². The average Bonchev–Trinajstić information content (AvgIpc) is 2.41. The molecule has 0 aliphatic heterocycles. The fraction of sp³-hybridized carbons (Fsp3) is 1.00. The Morgan fingerprint density at radius 3 is 1.35 bits per heavy atom. The molecule has 0 saturated carbocycles. The topological polar surface area (TPSA) is 15.3 Å². The first kappa shape index (κ1) is 25.0. The summed E-state index contributed by atoms with van der Waals surface area (Å²) >= 11 is 0. The van der Waals surface area contributed by atoms with Gasteiger partial charge in [0.2, 0.25) is 0 Å². The molecule has 0 unspecified atom stereocenters. The fourth-order valence-electron chi connectivity index (χ4n) is 1.52. The lowest BCUT2D eigenvalue weighted by Gasteiger charge is -2.39. The summed E-state index contributed by atoms with van der Waals surface area (Å²) in [7, 11) is 2.81. The molecule has 0 aromatic heterocycles. The highest BCUT2D eigenvalue weighted by Crippen LogP contribution is 2.59. The first-order valence-electron chi connectivity index (χ1n) is 6.52. The molecule has 0 atom stereocenters. The minimum atomic E-state index is -7.86. The monoisotopic (exact) mass is 420 g/mol. The number of nitrogens with zero attached hydrogens (tertiary/aromatic N) is 1. The Labute approximate surface area is 138 Å². The van der Waals surface area contributed by atoms with E-state index in [1.807, 2.05) is 0 Å². The number of hydrogen-bond acceptors (Lipinski definition) is 2. The van der Waals surface area contributed by atoms with Gasteiger partial charge >= 0.3 is 35.9 Å². The van der Waals surface area contributed by atoms with Crippen LogP contribution in [0.4, 0.5) is 57.1 Å². The molecule has 26 heavy (non-hydrogen) atoms. The Morgan fingerprint density at radius 2 is 1.00 bits per heavy atom. The molecule has 0 fully saturated rings. The zero-order valence-corrected chi connectivity index (χ0v) is 13.0. The van der Waals surface area contributed by atoms with Gasteiger partial charge in [0.1, 0.15) is 0 Å². The highest BCUT2D eigenvalue weighted by molar-refractivity contribution is 5.09. The van der Waals surface area contributed by atoms with Crippen LogP contribution >= 0.6 is 0 Å². The third kappa shape index (κ3) is 4.12. The maximum atomic E-state index is 13.2. The maximum Gasteiger partial charge on any atom is 0.460 e. The van der Waals surface area contributed by atoms with Crippen LogP contribution in [0.15, 0.2) is 0 Å². The van der Waals surface area contributed by atoms with Crippen molar-refractivity contribution in [1.29, 1.82) is 0 Å². The molecule has 0 saturated heterocycles. The van der Waals surface area contributed by atoms with Crippen LogP contribution < -0.4 is 5.32 Å². The van der Waals surface area contributed by atoms with Crippen LogP contribution in [0.3, 0.4) is 0 Å². The van der Waals surface area contributed by atoms with Crippen LogP contribution in [0.2, 0.25) is 0 Å². The van der Waals surface area contributed by atoms with Crippen molar-refractivity contribution < 1.29 is 57.1 Å². The highest BCUT2D eigenvalue weighted by Gasteiger charge is 2.90. The normalized spacial score (nSPS) is 15.7. The van der Waals surface area contributed by atoms with Gasteiger partial charge in [-0.05, 0) is 27.1 Å². The molecule has 0 aliphatic rings. The average molecular weight is 420 g/mol. The van der Waals surface area contributed by atoms with Gasteiger partial charge in [-0.1, -0.05) is 0 Å². The Bertz CT molecular complexity index is 469. The SMILES string of the molecule is CN(C)CCCNC(F)(F)C(F)(F)C(F)(F)C(F)(F)C(F)(F)C(F)(F)F. The standard InChI is InChI=1S/C11H13F13N2/c1-26(2)5-3-4-25-11(23,24)9(18,19)7(14,15)6(12,13)8(16,17)10(20,21)22/h25H,3-5H2,1-2H3. The molecule has 158 valence electrons. The highest BCUT2D eigenvalue weighted by atomic mass is 19.4. The second kappa shape index (κ2) is 7.20. The van der Waals surface area contributed by atoms with Crippen molar-refractivity contribution in [3.63, 3.8) is 0 Å². The molecule has 0 bridgehead atoms. The van der Waals surface area contributed by atoms with Gasteiger partial charge in [0, 0.05) is 6.54 Å². The first-order chi connectivity index (χ1) is 11.2. The molecule has 0 amide bonds. The minimum absolute atomic E-state index is 0.0483. The van der Waals surface area contributed by atoms with Crippen LogP contribution in [0.25, 0.3) is 0 Å². The molecule has 0 spiro atoms. The lowest BCUT2D eigenvalue weighted by atomic mass is 9.96. The third-order valence-electron chi connectivity index (χ3n) is 3.06. The van der Waals surface area contributed by atoms with Crippen molar-refractivity contribution in [2.24, 2.45) is 0 Å². The Kier molecular flexibility index (Phi) is 6.93. The molecule has 0 radical (unpaired) electrons. The van der Waals surface area contributed by atoms with E-state index in [4.69, 9.17) is 0 Å². The van der Waals surface area contributed by atoms with Gasteiger partial charge in [0.15, 0.2) is 0 Å².